The highest BCUT2D eigenvalue weighted by Gasteiger charge is 2.39. The fourth-order valence-corrected chi connectivity index (χ4v) is 2.28. The molecule has 2 heterocycles. The Labute approximate surface area is 90.8 Å². The van der Waals surface area contributed by atoms with Crippen LogP contribution in [-0.4, -0.2) is 37.2 Å². The maximum Gasteiger partial charge on any atom is 0.252 e. The first-order chi connectivity index (χ1) is 7.12. The molecule has 2 rings (SSSR count). The Hall–Kier alpha value is -0.610. The van der Waals surface area contributed by atoms with E-state index in [1.165, 1.54) is 0 Å². The van der Waals surface area contributed by atoms with Crippen LogP contribution in [0.25, 0.3) is 0 Å². The SMILES string of the molecule is CC1CNCC1NC(=O)C1(C)CCCO1. The number of nitrogens with one attached hydrogen (secondary N) is 2. The van der Waals surface area contributed by atoms with Gasteiger partial charge in [0.2, 0.25) is 0 Å². The number of amides is 1. The van der Waals surface area contributed by atoms with E-state index in [2.05, 4.69) is 17.6 Å². The number of carbonyl (C=O) groups excluding carboxylic acids is 1. The molecule has 15 heavy (non-hydrogen) atoms. The molecule has 0 saturated carbocycles. The lowest BCUT2D eigenvalue weighted by atomic mass is 9.99. The normalized spacial score (nSPS) is 40.7. The van der Waals surface area contributed by atoms with Crippen molar-refractivity contribution in [1.82, 2.24) is 10.6 Å². The molecule has 86 valence electrons. The van der Waals surface area contributed by atoms with E-state index in [1.807, 2.05) is 6.92 Å². The van der Waals surface area contributed by atoms with Crippen molar-refractivity contribution in [3.63, 3.8) is 0 Å². The number of carbonyl (C=O) groups is 1. The molecule has 2 saturated heterocycles. The third-order valence-electron chi connectivity index (χ3n) is 3.53. The van der Waals surface area contributed by atoms with Gasteiger partial charge in [0.25, 0.3) is 5.91 Å². The quantitative estimate of drug-likeness (QED) is 0.691. The molecule has 2 aliphatic rings. The average Bonchev–Trinajstić information content (AvgIpc) is 2.78. The minimum atomic E-state index is -0.581. The van der Waals surface area contributed by atoms with Crippen LogP contribution in [0, 0.1) is 5.92 Å². The Morgan fingerprint density at radius 1 is 1.53 bits per heavy atom. The number of hydrogen-bond acceptors (Lipinski definition) is 3. The second kappa shape index (κ2) is 4.10. The lowest BCUT2D eigenvalue weighted by Crippen LogP contribution is -2.50. The molecule has 0 radical (unpaired) electrons. The highest BCUT2D eigenvalue weighted by atomic mass is 16.5. The average molecular weight is 212 g/mol. The minimum absolute atomic E-state index is 0.0561. The molecular formula is C11H20N2O2. The lowest BCUT2D eigenvalue weighted by Gasteiger charge is -2.25. The second-order valence-electron chi connectivity index (χ2n) is 4.90. The minimum Gasteiger partial charge on any atom is -0.365 e. The predicted octanol–water partition coefficient (Wildman–Crippen LogP) is 0.280. The Bertz CT molecular complexity index is 249. The van der Waals surface area contributed by atoms with Crippen LogP contribution in [0.1, 0.15) is 26.7 Å². The van der Waals surface area contributed by atoms with Crippen LogP contribution in [0.5, 0.6) is 0 Å². The van der Waals surface area contributed by atoms with E-state index in [1.54, 1.807) is 0 Å². The summed E-state index contributed by atoms with van der Waals surface area (Å²) in [6.45, 7) is 6.62. The van der Waals surface area contributed by atoms with Crippen molar-refractivity contribution in [3.8, 4) is 0 Å². The zero-order valence-electron chi connectivity index (χ0n) is 9.51. The fraction of sp³-hybridized carbons (Fsp3) is 0.909. The predicted molar refractivity (Wildman–Crippen MR) is 57.6 cm³/mol. The van der Waals surface area contributed by atoms with Crippen molar-refractivity contribution < 1.29 is 9.53 Å². The largest absolute Gasteiger partial charge is 0.365 e. The Kier molecular flexibility index (Phi) is 2.98. The number of rotatable bonds is 2. The van der Waals surface area contributed by atoms with Crippen LogP contribution in [0.4, 0.5) is 0 Å². The maximum absolute atomic E-state index is 12.0. The highest BCUT2D eigenvalue weighted by Crippen LogP contribution is 2.25. The van der Waals surface area contributed by atoms with E-state index in [0.717, 1.165) is 25.9 Å². The Morgan fingerprint density at radius 3 is 2.87 bits per heavy atom. The maximum atomic E-state index is 12.0. The van der Waals surface area contributed by atoms with Crippen LogP contribution in [-0.2, 0) is 9.53 Å². The third-order valence-corrected chi connectivity index (χ3v) is 3.53. The Balaban J connectivity index is 1.91. The zero-order chi connectivity index (χ0) is 10.9. The number of ether oxygens (including phenoxy) is 1. The first kappa shape index (κ1) is 10.9. The summed E-state index contributed by atoms with van der Waals surface area (Å²) in [5, 5.41) is 6.36. The molecule has 4 heteroatoms. The van der Waals surface area contributed by atoms with Gasteiger partial charge in [-0.3, -0.25) is 4.79 Å². The van der Waals surface area contributed by atoms with Gasteiger partial charge in [-0.15, -0.1) is 0 Å². The van der Waals surface area contributed by atoms with Crippen LogP contribution in [0.2, 0.25) is 0 Å². The Morgan fingerprint density at radius 2 is 2.33 bits per heavy atom. The van der Waals surface area contributed by atoms with Crippen LogP contribution in [0.3, 0.4) is 0 Å². The standard InChI is InChI=1S/C11H20N2O2/c1-8-6-12-7-9(8)13-10(14)11(2)4-3-5-15-11/h8-9,12H,3-7H2,1-2H3,(H,13,14). The summed E-state index contributed by atoms with van der Waals surface area (Å²) >= 11 is 0. The summed E-state index contributed by atoms with van der Waals surface area (Å²) in [5.41, 5.74) is -0.581. The van der Waals surface area contributed by atoms with E-state index in [-0.39, 0.29) is 11.9 Å². The van der Waals surface area contributed by atoms with Gasteiger partial charge in [-0.25, -0.2) is 0 Å². The van der Waals surface area contributed by atoms with Crippen LogP contribution >= 0.6 is 0 Å². The molecule has 2 aliphatic heterocycles. The zero-order valence-corrected chi connectivity index (χ0v) is 9.51. The number of hydrogen-bond donors (Lipinski definition) is 2. The molecule has 0 spiro atoms. The van der Waals surface area contributed by atoms with Gasteiger partial charge < -0.3 is 15.4 Å². The highest BCUT2D eigenvalue weighted by molar-refractivity contribution is 5.85. The summed E-state index contributed by atoms with van der Waals surface area (Å²) in [6.07, 6.45) is 1.83. The summed E-state index contributed by atoms with van der Waals surface area (Å²) < 4.78 is 5.52. The van der Waals surface area contributed by atoms with Gasteiger partial charge in [-0.05, 0) is 32.2 Å². The molecule has 0 bridgehead atoms. The molecule has 2 fully saturated rings. The fourth-order valence-electron chi connectivity index (χ4n) is 2.28. The van der Waals surface area contributed by atoms with Gasteiger partial charge in [0, 0.05) is 19.2 Å². The molecule has 4 nitrogen and oxygen atoms in total. The summed E-state index contributed by atoms with van der Waals surface area (Å²) in [5.74, 6) is 0.569. The van der Waals surface area contributed by atoms with Crippen LogP contribution in [0.15, 0.2) is 0 Å². The first-order valence-corrected chi connectivity index (χ1v) is 5.77. The van der Waals surface area contributed by atoms with Crippen LogP contribution < -0.4 is 10.6 Å². The summed E-state index contributed by atoms with van der Waals surface area (Å²) in [4.78, 5) is 12.0. The van der Waals surface area contributed by atoms with Crippen molar-refractivity contribution in [2.45, 2.75) is 38.3 Å². The van der Waals surface area contributed by atoms with Gasteiger partial charge >= 0.3 is 0 Å². The molecule has 0 aliphatic carbocycles. The van der Waals surface area contributed by atoms with E-state index >= 15 is 0 Å². The van der Waals surface area contributed by atoms with E-state index in [9.17, 15) is 4.79 Å². The molecule has 0 aromatic heterocycles. The molecule has 3 atom stereocenters. The molecule has 0 aromatic rings. The molecule has 0 aromatic carbocycles. The van der Waals surface area contributed by atoms with Gasteiger partial charge in [-0.1, -0.05) is 6.92 Å². The monoisotopic (exact) mass is 212 g/mol. The van der Waals surface area contributed by atoms with Crippen molar-refractivity contribution >= 4 is 5.91 Å². The summed E-state index contributed by atoms with van der Waals surface area (Å²) in [6, 6.07) is 0.263. The van der Waals surface area contributed by atoms with Crippen molar-refractivity contribution in [2.24, 2.45) is 5.92 Å². The van der Waals surface area contributed by atoms with E-state index < -0.39 is 5.60 Å². The second-order valence-corrected chi connectivity index (χ2v) is 4.90. The van der Waals surface area contributed by atoms with Gasteiger partial charge in [0.1, 0.15) is 5.60 Å². The first-order valence-electron chi connectivity index (χ1n) is 5.77. The van der Waals surface area contributed by atoms with Crippen molar-refractivity contribution in [3.05, 3.63) is 0 Å². The molecule has 1 amide bonds. The molecule has 3 unspecified atom stereocenters. The van der Waals surface area contributed by atoms with Gasteiger partial charge in [-0.2, -0.15) is 0 Å². The van der Waals surface area contributed by atoms with Crippen molar-refractivity contribution in [1.29, 1.82) is 0 Å². The van der Waals surface area contributed by atoms with Gasteiger partial charge in [0.15, 0.2) is 0 Å². The molecular weight excluding hydrogens is 192 g/mol. The smallest absolute Gasteiger partial charge is 0.252 e. The van der Waals surface area contributed by atoms with E-state index in [0.29, 0.717) is 12.5 Å². The van der Waals surface area contributed by atoms with E-state index in [4.69, 9.17) is 4.74 Å². The molecule has 2 N–H and O–H groups in total. The van der Waals surface area contributed by atoms with Gasteiger partial charge in [0.05, 0.1) is 0 Å². The summed E-state index contributed by atoms with van der Waals surface area (Å²) in [7, 11) is 0. The topological polar surface area (TPSA) is 50.4 Å². The lowest BCUT2D eigenvalue weighted by molar-refractivity contribution is -0.140. The van der Waals surface area contributed by atoms with Crippen molar-refractivity contribution in [2.75, 3.05) is 19.7 Å². The third kappa shape index (κ3) is 2.16.